The molecule has 0 N–H and O–H groups in total. The number of thiazole rings is 1. The summed E-state index contributed by atoms with van der Waals surface area (Å²) < 4.78 is 39.1. The van der Waals surface area contributed by atoms with Crippen molar-refractivity contribution in [1.82, 2.24) is 4.98 Å². The van der Waals surface area contributed by atoms with Gasteiger partial charge >= 0.3 is 0 Å². The van der Waals surface area contributed by atoms with Crippen LogP contribution in [-0.4, -0.2) is 31.7 Å². The zero-order valence-electron chi connectivity index (χ0n) is 14.9. The minimum atomic E-state index is -3.60. The van der Waals surface area contributed by atoms with E-state index in [-0.39, 0.29) is 9.92 Å². The average Bonchev–Trinajstić information content (AvgIpc) is 3.19. The lowest BCUT2D eigenvalue weighted by molar-refractivity contribution is 0.529. The first-order valence-electron chi connectivity index (χ1n) is 8.90. The van der Waals surface area contributed by atoms with Gasteiger partial charge in [-0.2, -0.15) is 0 Å². The summed E-state index contributed by atoms with van der Waals surface area (Å²) in [6.07, 6.45) is 0.965. The maximum Gasteiger partial charge on any atom is 0.185 e. The number of hydrogen-bond acceptors (Lipinski definition) is 5. The lowest BCUT2D eigenvalue weighted by Gasteiger charge is -2.31. The van der Waals surface area contributed by atoms with Crippen molar-refractivity contribution in [2.75, 3.05) is 18.0 Å². The summed E-state index contributed by atoms with van der Waals surface area (Å²) in [4.78, 5) is 6.83. The third kappa shape index (κ3) is 3.79. The highest BCUT2D eigenvalue weighted by atomic mass is 35.5. The highest BCUT2D eigenvalue weighted by Gasteiger charge is 2.33. The lowest BCUT2D eigenvalue weighted by Crippen LogP contribution is -2.39. The molecule has 146 valence electrons. The SMILES string of the molecule is O=S(=O)(c1ccc(F)cc1Cl)C1CCN(c2nc(-c3ccccc3)cs2)CC1. The molecule has 1 aliphatic rings. The van der Waals surface area contributed by atoms with Gasteiger partial charge < -0.3 is 4.90 Å². The smallest absolute Gasteiger partial charge is 0.185 e. The molecule has 8 heteroatoms. The van der Waals surface area contributed by atoms with Crippen LogP contribution in [0.15, 0.2) is 58.8 Å². The maximum absolute atomic E-state index is 13.2. The average molecular weight is 437 g/mol. The fraction of sp³-hybridized carbons (Fsp3) is 0.250. The van der Waals surface area contributed by atoms with Crippen LogP contribution in [0, 0.1) is 5.82 Å². The van der Waals surface area contributed by atoms with E-state index in [0.717, 1.165) is 28.5 Å². The number of aromatic nitrogens is 1. The van der Waals surface area contributed by atoms with Crippen LogP contribution in [0.25, 0.3) is 11.3 Å². The quantitative estimate of drug-likeness (QED) is 0.537. The first-order valence-corrected chi connectivity index (χ1v) is 11.7. The monoisotopic (exact) mass is 436 g/mol. The molecule has 0 unspecified atom stereocenters. The third-order valence-corrected chi connectivity index (χ3v) is 8.56. The molecule has 0 amide bonds. The van der Waals surface area contributed by atoms with Crippen molar-refractivity contribution < 1.29 is 12.8 Å². The fourth-order valence-corrected chi connectivity index (χ4v) is 6.55. The highest BCUT2D eigenvalue weighted by molar-refractivity contribution is 7.92. The molecule has 1 aliphatic heterocycles. The van der Waals surface area contributed by atoms with Crippen molar-refractivity contribution in [3.63, 3.8) is 0 Å². The van der Waals surface area contributed by atoms with Crippen LogP contribution in [0.1, 0.15) is 12.8 Å². The van der Waals surface area contributed by atoms with Crippen molar-refractivity contribution in [1.29, 1.82) is 0 Å². The van der Waals surface area contributed by atoms with Gasteiger partial charge in [-0.25, -0.2) is 17.8 Å². The van der Waals surface area contributed by atoms with Crippen molar-refractivity contribution >= 4 is 37.9 Å². The predicted molar refractivity (Wildman–Crippen MR) is 111 cm³/mol. The number of benzene rings is 2. The van der Waals surface area contributed by atoms with Crippen molar-refractivity contribution in [2.24, 2.45) is 0 Å². The second kappa shape index (κ2) is 7.81. The van der Waals surface area contributed by atoms with E-state index < -0.39 is 20.9 Å². The second-order valence-electron chi connectivity index (χ2n) is 6.69. The van der Waals surface area contributed by atoms with Crippen LogP contribution in [0.4, 0.5) is 9.52 Å². The predicted octanol–water partition coefficient (Wildman–Crippen LogP) is 5.05. The van der Waals surface area contributed by atoms with Crippen LogP contribution in [0.3, 0.4) is 0 Å². The molecule has 0 bridgehead atoms. The van der Waals surface area contributed by atoms with Crippen LogP contribution in [-0.2, 0) is 9.84 Å². The molecule has 0 atom stereocenters. The molecule has 28 heavy (non-hydrogen) atoms. The normalized spacial score (nSPS) is 15.7. The van der Waals surface area contributed by atoms with Gasteiger partial charge in [-0.3, -0.25) is 0 Å². The first kappa shape index (κ1) is 19.4. The van der Waals surface area contributed by atoms with Crippen LogP contribution in [0.5, 0.6) is 0 Å². The molecule has 2 aromatic carbocycles. The maximum atomic E-state index is 13.2. The Balaban J connectivity index is 1.47. The van der Waals surface area contributed by atoms with Crippen LogP contribution >= 0.6 is 22.9 Å². The Kier molecular flexibility index (Phi) is 5.40. The van der Waals surface area contributed by atoms with E-state index in [1.54, 1.807) is 11.3 Å². The first-order chi connectivity index (χ1) is 13.4. The minimum Gasteiger partial charge on any atom is -0.348 e. The molecule has 1 saturated heterocycles. The second-order valence-corrected chi connectivity index (χ2v) is 10.1. The van der Waals surface area contributed by atoms with Gasteiger partial charge in [-0.15, -0.1) is 11.3 Å². The summed E-state index contributed by atoms with van der Waals surface area (Å²) in [6, 6.07) is 13.4. The number of anilines is 1. The Hall–Kier alpha value is -1.96. The largest absolute Gasteiger partial charge is 0.348 e. The van der Waals surface area contributed by atoms with Gasteiger partial charge in [0.05, 0.1) is 20.9 Å². The summed E-state index contributed by atoms with van der Waals surface area (Å²) >= 11 is 7.54. The van der Waals surface area contributed by atoms with Crippen molar-refractivity contribution in [3.05, 3.63) is 64.8 Å². The summed E-state index contributed by atoms with van der Waals surface area (Å²) in [5.41, 5.74) is 1.99. The van der Waals surface area contributed by atoms with E-state index in [2.05, 4.69) is 4.90 Å². The molecule has 0 radical (unpaired) electrons. The van der Waals surface area contributed by atoms with E-state index in [4.69, 9.17) is 16.6 Å². The molecule has 4 rings (SSSR count). The molecule has 3 aromatic rings. The molecule has 1 aromatic heterocycles. The van der Waals surface area contributed by atoms with E-state index in [9.17, 15) is 12.8 Å². The molecule has 0 spiro atoms. The van der Waals surface area contributed by atoms with Gasteiger partial charge in [0.2, 0.25) is 0 Å². The molecule has 4 nitrogen and oxygen atoms in total. The van der Waals surface area contributed by atoms with Gasteiger partial charge in [0, 0.05) is 24.0 Å². The Morgan fingerprint density at radius 3 is 2.50 bits per heavy atom. The van der Waals surface area contributed by atoms with Gasteiger partial charge in [-0.1, -0.05) is 41.9 Å². The summed E-state index contributed by atoms with van der Waals surface area (Å²) in [5.74, 6) is -0.545. The molecular formula is C20H18ClFN2O2S2. The van der Waals surface area contributed by atoms with Gasteiger partial charge in [0.1, 0.15) is 5.82 Å². The summed E-state index contributed by atoms with van der Waals surface area (Å²) in [7, 11) is -3.60. The Morgan fingerprint density at radius 2 is 1.82 bits per heavy atom. The summed E-state index contributed by atoms with van der Waals surface area (Å²) in [5, 5.41) is 2.33. The van der Waals surface area contributed by atoms with Gasteiger partial charge in [-0.05, 0) is 31.0 Å². The number of hydrogen-bond donors (Lipinski definition) is 0. The van der Waals surface area contributed by atoms with Crippen molar-refractivity contribution in [2.45, 2.75) is 23.0 Å². The van der Waals surface area contributed by atoms with Gasteiger partial charge in [0.25, 0.3) is 0 Å². The highest BCUT2D eigenvalue weighted by Crippen LogP contribution is 2.33. The number of sulfone groups is 1. The molecule has 0 aliphatic carbocycles. The van der Waals surface area contributed by atoms with Gasteiger partial charge in [0.15, 0.2) is 15.0 Å². The molecule has 2 heterocycles. The Morgan fingerprint density at radius 1 is 1.11 bits per heavy atom. The van der Waals surface area contributed by atoms with E-state index in [1.807, 2.05) is 35.7 Å². The molecular weight excluding hydrogens is 419 g/mol. The number of halogens is 2. The number of nitrogens with zero attached hydrogens (tertiary/aromatic N) is 2. The molecule has 0 saturated carbocycles. The van der Waals surface area contributed by atoms with Crippen LogP contribution < -0.4 is 4.90 Å². The van der Waals surface area contributed by atoms with Crippen molar-refractivity contribution in [3.8, 4) is 11.3 Å². The third-order valence-electron chi connectivity index (χ3n) is 4.91. The Labute approximate surface area is 172 Å². The standard InChI is InChI=1S/C20H18ClFN2O2S2/c21-17-12-15(22)6-7-19(17)28(25,26)16-8-10-24(11-9-16)20-23-18(13-27-20)14-4-2-1-3-5-14/h1-7,12-13,16H,8-11H2. The number of rotatable bonds is 4. The fourth-order valence-electron chi connectivity index (χ4n) is 3.39. The Bertz CT molecular complexity index is 1080. The lowest BCUT2D eigenvalue weighted by atomic mass is 10.1. The topological polar surface area (TPSA) is 50.3 Å². The van der Waals surface area contributed by atoms with E-state index in [0.29, 0.717) is 25.9 Å². The number of piperidine rings is 1. The zero-order valence-corrected chi connectivity index (χ0v) is 17.3. The molecule has 1 fully saturated rings. The summed E-state index contributed by atoms with van der Waals surface area (Å²) in [6.45, 7) is 1.20. The van der Waals surface area contributed by atoms with E-state index in [1.165, 1.54) is 6.07 Å². The zero-order chi connectivity index (χ0) is 19.7. The van der Waals surface area contributed by atoms with Crippen LogP contribution in [0.2, 0.25) is 5.02 Å². The minimum absolute atomic E-state index is 0.00892. The van der Waals surface area contributed by atoms with E-state index >= 15 is 0 Å².